The van der Waals surface area contributed by atoms with E-state index in [2.05, 4.69) is 21.1 Å². The first-order valence-electron chi connectivity index (χ1n) is 8.21. The lowest BCUT2D eigenvalue weighted by Crippen LogP contribution is -2.21. The maximum absolute atomic E-state index is 12.6. The van der Waals surface area contributed by atoms with E-state index < -0.39 is 0 Å². The predicted molar refractivity (Wildman–Crippen MR) is 107 cm³/mol. The zero-order valence-corrected chi connectivity index (χ0v) is 16.0. The molecule has 27 heavy (non-hydrogen) atoms. The Morgan fingerprint density at radius 1 is 1.07 bits per heavy atom. The van der Waals surface area contributed by atoms with Crippen LogP contribution in [-0.2, 0) is 13.2 Å². The highest BCUT2D eigenvalue weighted by Crippen LogP contribution is 2.21. The number of amidine groups is 1. The lowest BCUT2D eigenvalue weighted by Gasteiger charge is -2.11. The second-order valence-corrected chi connectivity index (χ2v) is 6.68. The van der Waals surface area contributed by atoms with Crippen molar-refractivity contribution in [2.24, 2.45) is 10.9 Å². The molecule has 0 fully saturated rings. The summed E-state index contributed by atoms with van der Waals surface area (Å²) in [6.07, 6.45) is 1.70. The molecule has 7 heteroatoms. The minimum absolute atomic E-state index is 0.0429. The molecule has 1 heterocycles. The summed E-state index contributed by atoms with van der Waals surface area (Å²) >= 11 is 3.34. The van der Waals surface area contributed by atoms with Crippen LogP contribution in [0.3, 0.4) is 0 Å². The van der Waals surface area contributed by atoms with E-state index in [9.17, 15) is 4.79 Å². The van der Waals surface area contributed by atoms with Gasteiger partial charge in [-0.2, -0.15) is 0 Å². The molecule has 0 atom stereocenters. The Bertz CT molecular complexity index is 999. The second-order valence-electron chi connectivity index (χ2n) is 5.88. The number of hydrogen-bond acceptors (Lipinski definition) is 4. The van der Waals surface area contributed by atoms with Gasteiger partial charge in [0.2, 0.25) is 0 Å². The third kappa shape index (κ3) is 4.57. The predicted octanol–water partition coefficient (Wildman–Crippen LogP) is 3.33. The van der Waals surface area contributed by atoms with Crippen LogP contribution in [-0.4, -0.2) is 15.6 Å². The summed E-state index contributed by atoms with van der Waals surface area (Å²) in [4.78, 5) is 12.6. The van der Waals surface area contributed by atoms with E-state index in [-0.39, 0.29) is 11.4 Å². The van der Waals surface area contributed by atoms with Crippen molar-refractivity contribution in [3.05, 3.63) is 98.4 Å². The van der Waals surface area contributed by atoms with Gasteiger partial charge in [0.15, 0.2) is 5.84 Å². The smallest absolute Gasteiger partial charge is 0.268 e. The molecule has 0 amide bonds. The number of hydrogen-bond donors (Lipinski definition) is 2. The molecule has 0 unspecified atom stereocenters. The Morgan fingerprint density at radius 3 is 2.44 bits per heavy atom. The van der Waals surface area contributed by atoms with Crippen LogP contribution < -0.4 is 16.0 Å². The largest absolute Gasteiger partial charge is 0.487 e. The van der Waals surface area contributed by atoms with Crippen molar-refractivity contribution in [2.75, 3.05) is 0 Å². The quantitative estimate of drug-likeness (QED) is 0.273. The van der Waals surface area contributed by atoms with Crippen LogP contribution in [0, 0.1) is 0 Å². The van der Waals surface area contributed by atoms with E-state index in [4.69, 9.17) is 15.7 Å². The van der Waals surface area contributed by atoms with Gasteiger partial charge in [0.25, 0.3) is 5.56 Å². The number of pyridine rings is 1. The van der Waals surface area contributed by atoms with Crippen LogP contribution in [0.5, 0.6) is 5.75 Å². The molecule has 138 valence electrons. The Hall–Kier alpha value is -3.06. The van der Waals surface area contributed by atoms with Gasteiger partial charge in [-0.1, -0.05) is 59.8 Å². The van der Waals surface area contributed by atoms with Gasteiger partial charge in [-0.25, -0.2) is 0 Å². The molecule has 0 saturated carbocycles. The number of halogens is 1. The normalized spacial score (nSPS) is 11.4. The summed E-state index contributed by atoms with van der Waals surface area (Å²) in [5.74, 6) is 0.545. The summed E-state index contributed by atoms with van der Waals surface area (Å²) in [5, 5.41) is 11.7. The molecule has 2 aromatic carbocycles. The standard InChI is InChI=1S/C20H18BrN3O3/c21-18-17(27-13-15-4-2-1-3-5-15)10-11-24(20(18)25)12-14-6-8-16(9-7-14)19(22)23-26/h1-11,26H,12-13H2,(H2,22,23). The fraction of sp³-hybridized carbons (Fsp3) is 0.100. The highest BCUT2D eigenvalue weighted by molar-refractivity contribution is 9.10. The molecule has 3 aromatic rings. The molecule has 0 bridgehead atoms. The van der Waals surface area contributed by atoms with Gasteiger partial charge in [0.1, 0.15) is 16.8 Å². The summed E-state index contributed by atoms with van der Waals surface area (Å²) in [5.41, 5.74) is 7.92. The summed E-state index contributed by atoms with van der Waals surface area (Å²) in [7, 11) is 0. The first-order chi connectivity index (χ1) is 13.1. The minimum atomic E-state index is -0.180. The van der Waals surface area contributed by atoms with E-state index in [1.54, 1.807) is 29.0 Å². The average molecular weight is 428 g/mol. The molecule has 0 aliphatic carbocycles. The van der Waals surface area contributed by atoms with Crippen molar-refractivity contribution in [1.29, 1.82) is 0 Å². The van der Waals surface area contributed by atoms with E-state index in [0.29, 0.717) is 28.9 Å². The van der Waals surface area contributed by atoms with Crippen LogP contribution in [0.4, 0.5) is 0 Å². The molecule has 6 nitrogen and oxygen atoms in total. The van der Waals surface area contributed by atoms with Gasteiger partial charge >= 0.3 is 0 Å². The lowest BCUT2D eigenvalue weighted by molar-refractivity contribution is 0.302. The number of ether oxygens (including phenoxy) is 1. The number of oxime groups is 1. The van der Waals surface area contributed by atoms with Crippen LogP contribution in [0.15, 0.2) is 81.3 Å². The Balaban J connectivity index is 1.74. The van der Waals surface area contributed by atoms with Crippen LogP contribution in [0.2, 0.25) is 0 Å². The monoisotopic (exact) mass is 427 g/mol. The highest BCUT2D eigenvalue weighted by atomic mass is 79.9. The van der Waals surface area contributed by atoms with E-state index in [0.717, 1.165) is 11.1 Å². The molecular weight excluding hydrogens is 410 g/mol. The fourth-order valence-corrected chi connectivity index (χ4v) is 3.01. The first kappa shape index (κ1) is 18.7. The highest BCUT2D eigenvalue weighted by Gasteiger charge is 2.10. The van der Waals surface area contributed by atoms with Crippen molar-refractivity contribution in [1.82, 2.24) is 4.57 Å². The van der Waals surface area contributed by atoms with Crippen molar-refractivity contribution in [3.63, 3.8) is 0 Å². The molecule has 0 saturated heterocycles. The number of benzene rings is 2. The second kappa shape index (κ2) is 8.55. The molecule has 0 radical (unpaired) electrons. The molecule has 3 rings (SSSR count). The molecular formula is C20H18BrN3O3. The van der Waals surface area contributed by atoms with E-state index in [1.807, 2.05) is 42.5 Å². The molecule has 0 aliphatic rings. The summed E-state index contributed by atoms with van der Waals surface area (Å²) in [6, 6.07) is 18.6. The van der Waals surface area contributed by atoms with Gasteiger partial charge in [0.05, 0.1) is 6.54 Å². The van der Waals surface area contributed by atoms with Gasteiger partial charge in [-0.05, 0) is 33.1 Å². The number of aromatic nitrogens is 1. The number of rotatable bonds is 6. The maximum atomic E-state index is 12.6. The van der Waals surface area contributed by atoms with Crippen LogP contribution >= 0.6 is 15.9 Å². The SMILES string of the molecule is N/C(=N/O)c1ccc(Cn2ccc(OCc3ccccc3)c(Br)c2=O)cc1. The van der Waals surface area contributed by atoms with E-state index >= 15 is 0 Å². The average Bonchev–Trinajstić information content (AvgIpc) is 2.71. The summed E-state index contributed by atoms with van der Waals surface area (Å²) < 4.78 is 7.72. The summed E-state index contributed by atoms with van der Waals surface area (Å²) in [6.45, 7) is 0.783. The Morgan fingerprint density at radius 2 is 1.78 bits per heavy atom. The number of nitrogens with zero attached hydrogens (tertiary/aromatic N) is 2. The van der Waals surface area contributed by atoms with Crippen molar-refractivity contribution < 1.29 is 9.94 Å². The van der Waals surface area contributed by atoms with Crippen LogP contribution in [0.1, 0.15) is 16.7 Å². The van der Waals surface area contributed by atoms with Crippen molar-refractivity contribution >= 4 is 21.8 Å². The topological polar surface area (TPSA) is 89.8 Å². The minimum Gasteiger partial charge on any atom is -0.487 e. The molecule has 1 aromatic heterocycles. The molecule has 3 N–H and O–H groups in total. The van der Waals surface area contributed by atoms with Crippen molar-refractivity contribution in [2.45, 2.75) is 13.2 Å². The van der Waals surface area contributed by atoms with Gasteiger partial charge in [-0.3, -0.25) is 4.79 Å². The molecule has 0 aliphatic heterocycles. The van der Waals surface area contributed by atoms with Gasteiger partial charge in [0, 0.05) is 11.8 Å². The number of nitrogens with two attached hydrogens (primary N) is 1. The Kier molecular flexibility index (Phi) is 5.93. The van der Waals surface area contributed by atoms with Gasteiger partial charge in [-0.15, -0.1) is 0 Å². The third-order valence-corrected chi connectivity index (χ3v) is 4.75. The fourth-order valence-electron chi connectivity index (χ4n) is 2.54. The third-order valence-electron chi connectivity index (χ3n) is 4.02. The zero-order chi connectivity index (χ0) is 19.2. The van der Waals surface area contributed by atoms with Gasteiger partial charge < -0.3 is 20.2 Å². The Labute approximate surface area is 164 Å². The maximum Gasteiger partial charge on any atom is 0.268 e. The molecule has 0 spiro atoms. The van der Waals surface area contributed by atoms with Crippen LogP contribution in [0.25, 0.3) is 0 Å². The zero-order valence-electron chi connectivity index (χ0n) is 14.4. The first-order valence-corrected chi connectivity index (χ1v) is 9.00. The van der Waals surface area contributed by atoms with Crippen molar-refractivity contribution in [3.8, 4) is 5.75 Å². The lowest BCUT2D eigenvalue weighted by atomic mass is 10.1. The van der Waals surface area contributed by atoms with E-state index in [1.165, 1.54) is 0 Å².